The van der Waals surface area contributed by atoms with E-state index in [1.54, 1.807) is 0 Å². The fourth-order valence-corrected chi connectivity index (χ4v) is 1.28. The van der Waals surface area contributed by atoms with Crippen LogP contribution in [0.4, 0.5) is 4.39 Å². The summed E-state index contributed by atoms with van der Waals surface area (Å²) in [6, 6.07) is 4.20. The van der Waals surface area contributed by atoms with Crippen molar-refractivity contribution in [3.8, 4) is 5.75 Å². The lowest BCUT2D eigenvalue weighted by atomic mass is 10.1. The van der Waals surface area contributed by atoms with Crippen LogP contribution in [0.15, 0.2) is 24.3 Å². The van der Waals surface area contributed by atoms with Crippen molar-refractivity contribution in [3.05, 3.63) is 30.1 Å². The summed E-state index contributed by atoms with van der Waals surface area (Å²) >= 11 is 0. The standard InChI is InChI=1S/C13H16FNO4/c1-8(11(16)17)15-12(18)13(2,3)19-10-6-4-9(14)5-7-10/h4-8H,1-3H3,(H,15,18)(H,16,17). The van der Waals surface area contributed by atoms with Crippen LogP contribution >= 0.6 is 0 Å². The first-order valence-electron chi connectivity index (χ1n) is 5.71. The highest BCUT2D eigenvalue weighted by molar-refractivity contribution is 5.88. The number of nitrogens with one attached hydrogen (secondary N) is 1. The molecule has 1 aromatic rings. The van der Waals surface area contributed by atoms with E-state index in [9.17, 15) is 14.0 Å². The van der Waals surface area contributed by atoms with Gasteiger partial charge in [-0.1, -0.05) is 0 Å². The molecule has 1 aromatic carbocycles. The SMILES string of the molecule is CC(NC(=O)C(C)(C)Oc1ccc(F)cc1)C(=O)O. The monoisotopic (exact) mass is 269 g/mol. The minimum absolute atomic E-state index is 0.324. The number of carboxylic acids is 1. The summed E-state index contributed by atoms with van der Waals surface area (Å²) in [5, 5.41) is 11.0. The summed E-state index contributed by atoms with van der Waals surface area (Å²) in [6.45, 7) is 4.36. The highest BCUT2D eigenvalue weighted by Crippen LogP contribution is 2.19. The highest BCUT2D eigenvalue weighted by Gasteiger charge is 2.32. The fourth-order valence-electron chi connectivity index (χ4n) is 1.28. The molecule has 2 N–H and O–H groups in total. The van der Waals surface area contributed by atoms with Crippen LogP contribution in [-0.2, 0) is 9.59 Å². The molecule has 0 heterocycles. The van der Waals surface area contributed by atoms with Crippen molar-refractivity contribution < 1.29 is 23.8 Å². The topological polar surface area (TPSA) is 75.6 Å². The molecule has 6 heteroatoms. The van der Waals surface area contributed by atoms with E-state index in [4.69, 9.17) is 9.84 Å². The van der Waals surface area contributed by atoms with Crippen LogP contribution in [0.25, 0.3) is 0 Å². The minimum Gasteiger partial charge on any atom is -0.480 e. The Kier molecular flexibility index (Phi) is 4.47. The molecule has 0 aliphatic rings. The van der Waals surface area contributed by atoms with Crippen LogP contribution in [0.5, 0.6) is 5.75 Å². The maximum absolute atomic E-state index is 12.7. The Morgan fingerprint density at radius 3 is 2.32 bits per heavy atom. The van der Waals surface area contributed by atoms with Crippen LogP contribution in [0.1, 0.15) is 20.8 Å². The average molecular weight is 269 g/mol. The van der Waals surface area contributed by atoms with Gasteiger partial charge in [0.15, 0.2) is 5.60 Å². The van der Waals surface area contributed by atoms with Crippen molar-refractivity contribution in [2.75, 3.05) is 0 Å². The largest absolute Gasteiger partial charge is 0.480 e. The number of rotatable bonds is 5. The first kappa shape index (κ1) is 14.9. The molecule has 1 rings (SSSR count). The van der Waals surface area contributed by atoms with Gasteiger partial charge < -0.3 is 15.2 Å². The number of carbonyl (C=O) groups is 2. The lowest BCUT2D eigenvalue weighted by Crippen LogP contribution is -2.51. The number of ether oxygens (including phenoxy) is 1. The third-order valence-electron chi connectivity index (χ3n) is 2.45. The minimum atomic E-state index is -1.26. The molecule has 19 heavy (non-hydrogen) atoms. The molecule has 104 valence electrons. The first-order chi connectivity index (χ1) is 8.72. The Labute approximate surface area is 110 Å². The fraction of sp³-hybridized carbons (Fsp3) is 0.385. The maximum Gasteiger partial charge on any atom is 0.325 e. The molecule has 1 amide bonds. The van der Waals surface area contributed by atoms with Crippen LogP contribution < -0.4 is 10.1 Å². The Morgan fingerprint density at radius 2 is 1.84 bits per heavy atom. The van der Waals surface area contributed by atoms with Crippen LogP contribution in [-0.4, -0.2) is 28.6 Å². The molecule has 1 unspecified atom stereocenters. The van der Waals surface area contributed by atoms with E-state index in [2.05, 4.69) is 5.32 Å². The zero-order valence-corrected chi connectivity index (χ0v) is 10.9. The van der Waals surface area contributed by atoms with Gasteiger partial charge in [-0.2, -0.15) is 0 Å². The summed E-state index contributed by atoms with van der Waals surface area (Å²) in [5.74, 6) is -1.78. The third kappa shape index (κ3) is 4.24. The van der Waals surface area contributed by atoms with Gasteiger partial charge >= 0.3 is 5.97 Å². The third-order valence-corrected chi connectivity index (χ3v) is 2.45. The lowest BCUT2D eigenvalue weighted by Gasteiger charge is -2.26. The van der Waals surface area contributed by atoms with Crippen molar-refractivity contribution in [3.63, 3.8) is 0 Å². The summed E-state index contributed by atoms with van der Waals surface area (Å²) in [7, 11) is 0. The van der Waals surface area contributed by atoms with Gasteiger partial charge in [0.2, 0.25) is 0 Å². The first-order valence-corrected chi connectivity index (χ1v) is 5.71. The summed E-state index contributed by atoms with van der Waals surface area (Å²) < 4.78 is 18.2. The van der Waals surface area contributed by atoms with Gasteiger partial charge in [-0.15, -0.1) is 0 Å². The lowest BCUT2D eigenvalue weighted by molar-refractivity contribution is -0.144. The van der Waals surface area contributed by atoms with Crippen molar-refractivity contribution >= 4 is 11.9 Å². The summed E-state index contributed by atoms with van der Waals surface area (Å²) in [4.78, 5) is 22.5. The van der Waals surface area contributed by atoms with Gasteiger partial charge in [0.05, 0.1) is 0 Å². The predicted molar refractivity (Wildman–Crippen MR) is 66.3 cm³/mol. The number of halogens is 1. The number of hydrogen-bond acceptors (Lipinski definition) is 3. The van der Waals surface area contributed by atoms with Crippen molar-refractivity contribution in [2.24, 2.45) is 0 Å². The number of carboxylic acid groups (broad SMARTS) is 1. The Bertz CT molecular complexity index is 470. The van der Waals surface area contributed by atoms with Gasteiger partial charge in [-0.25, -0.2) is 4.39 Å². The van der Waals surface area contributed by atoms with E-state index in [0.29, 0.717) is 5.75 Å². The molecule has 0 saturated heterocycles. The van der Waals surface area contributed by atoms with Crippen LogP contribution in [0.2, 0.25) is 0 Å². The van der Waals surface area contributed by atoms with Crippen molar-refractivity contribution in [1.82, 2.24) is 5.32 Å². The molecular formula is C13H16FNO4. The Hall–Kier alpha value is -2.11. The van der Waals surface area contributed by atoms with Gasteiger partial charge in [0.25, 0.3) is 5.91 Å². The quantitative estimate of drug-likeness (QED) is 0.850. The van der Waals surface area contributed by atoms with Gasteiger partial charge in [-0.05, 0) is 45.0 Å². The number of hydrogen-bond donors (Lipinski definition) is 2. The number of amides is 1. The molecule has 5 nitrogen and oxygen atoms in total. The molecule has 0 aromatic heterocycles. The number of benzene rings is 1. The van der Waals surface area contributed by atoms with E-state index in [1.807, 2.05) is 0 Å². The second kappa shape index (κ2) is 5.69. The van der Waals surface area contributed by atoms with E-state index >= 15 is 0 Å². The molecular weight excluding hydrogens is 253 g/mol. The summed E-state index contributed by atoms with van der Waals surface area (Å²) in [5.41, 5.74) is -1.26. The van der Waals surface area contributed by atoms with Gasteiger partial charge in [0.1, 0.15) is 17.6 Å². The normalized spacial score (nSPS) is 12.6. The number of carbonyl (C=O) groups excluding carboxylic acids is 1. The molecule has 1 atom stereocenters. The van der Waals surface area contributed by atoms with E-state index in [1.165, 1.54) is 45.0 Å². The number of aliphatic carboxylic acids is 1. The highest BCUT2D eigenvalue weighted by atomic mass is 19.1. The Morgan fingerprint density at radius 1 is 1.32 bits per heavy atom. The molecule has 0 aliphatic carbocycles. The van der Waals surface area contributed by atoms with Crippen LogP contribution in [0, 0.1) is 5.82 Å². The van der Waals surface area contributed by atoms with Gasteiger partial charge in [0, 0.05) is 0 Å². The zero-order valence-electron chi connectivity index (χ0n) is 10.9. The zero-order chi connectivity index (χ0) is 14.6. The molecule has 0 fully saturated rings. The second-order valence-electron chi connectivity index (χ2n) is 4.60. The smallest absolute Gasteiger partial charge is 0.325 e. The van der Waals surface area contributed by atoms with Crippen LogP contribution in [0.3, 0.4) is 0 Å². The van der Waals surface area contributed by atoms with E-state index < -0.39 is 29.3 Å². The predicted octanol–water partition coefficient (Wildman–Crippen LogP) is 1.57. The maximum atomic E-state index is 12.7. The van der Waals surface area contributed by atoms with E-state index in [-0.39, 0.29) is 0 Å². The van der Waals surface area contributed by atoms with Crippen molar-refractivity contribution in [2.45, 2.75) is 32.4 Å². The molecule has 0 bridgehead atoms. The molecule has 0 saturated carbocycles. The summed E-state index contributed by atoms with van der Waals surface area (Å²) in [6.07, 6.45) is 0. The van der Waals surface area contributed by atoms with E-state index in [0.717, 1.165) is 0 Å². The molecule has 0 spiro atoms. The average Bonchev–Trinajstić information content (AvgIpc) is 2.31. The second-order valence-corrected chi connectivity index (χ2v) is 4.60. The Balaban J connectivity index is 2.72. The van der Waals surface area contributed by atoms with Gasteiger partial charge in [-0.3, -0.25) is 9.59 Å². The molecule has 0 radical (unpaired) electrons. The van der Waals surface area contributed by atoms with Crippen molar-refractivity contribution in [1.29, 1.82) is 0 Å². The molecule has 0 aliphatic heterocycles.